The molecule has 0 spiro atoms. The summed E-state index contributed by atoms with van der Waals surface area (Å²) in [5.41, 5.74) is 16.6. The summed E-state index contributed by atoms with van der Waals surface area (Å²) in [4.78, 5) is 4.64. The van der Waals surface area contributed by atoms with E-state index in [1.165, 1.54) is 16.7 Å². The number of ether oxygens (including phenoxy) is 2. The fourth-order valence-electron chi connectivity index (χ4n) is 11.8. The van der Waals surface area contributed by atoms with Gasteiger partial charge in [0.1, 0.15) is 17.3 Å². The first kappa shape index (κ1) is 59.3. The highest BCUT2D eigenvalue weighted by atomic mass is 16.5. The Morgan fingerprint density at radius 3 is 2.00 bits per heavy atom. The van der Waals surface area contributed by atoms with Crippen LogP contribution in [0.2, 0.25) is 0 Å². The minimum Gasteiger partial charge on any atom is -0.469 e. The number of hydrogen-bond acceptors (Lipinski definition) is 4. The van der Waals surface area contributed by atoms with Crippen molar-refractivity contribution in [3.05, 3.63) is 393 Å². The van der Waals surface area contributed by atoms with Crippen molar-refractivity contribution in [1.82, 2.24) is 0 Å². The zero-order valence-corrected chi connectivity index (χ0v) is 50.1. The molecule has 11 rings (SSSR count). The molecule has 0 radical (unpaired) electrons. The van der Waals surface area contributed by atoms with Gasteiger partial charge in [0.15, 0.2) is 0 Å². The Balaban J connectivity index is 0.848. The molecule has 2 aliphatic heterocycles. The predicted molar refractivity (Wildman–Crippen MR) is 375 cm³/mol. The van der Waals surface area contributed by atoms with Crippen LogP contribution in [0.1, 0.15) is 49.7 Å². The lowest BCUT2D eigenvalue weighted by molar-refractivity contribution is 0.316. The Labute approximate surface area is 522 Å². The molecule has 4 atom stereocenters. The third-order valence-electron chi connectivity index (χ3n) is 16.7. The maximum atomic E-state index is 6.11. The average molecular weight is 1150 g/mol. The van der Waals surface area contributed by atoms with Crippen molar-refractivity contribution < 1.29 is 9.47 Å². The second-order valence-corrected chi connectivity index (χ2v) is 22.3. The molecule has 0 bridgehead atoms. The Kier molecular flexibility index (Phi) is 19.9. The number of anilines is 3. The fraction of sp³-hybridized carbons (Fsp3) is 0.119. The Morgan fingerprint density at radius 2 is 1.32 bits per heavy atom. The molecule has 4 unspecified atom stereocenters. The van der Waals surface area contributed by atoms with Gasteiger partial charge in [-0.15, -0.1) is 0 Å². The molecule has 0 saturated heterocycles. The number of rotatable bonds is 21. The predicted octanol–water partition coefficient (Wildman–Crippen LogP) is 22.1. The van der Waals surface area contributed by atoms with Gasteiger partial charge in [-0.2, -0.15) is 0 Å². The molecule has 0 amide bonds. The van der Waals surface area contributed by atoms with Crippen LogP contribution in [0, 0.1) is 17.8 Å². The van der Waals surface area contributed by atoms with Crippen LogP contribution >= 0.6 is 0 Å². The number of hydrogen-bond donors (Lipinski definition) is 0. The Hall–Kier alpha value is -10.4. The van der Waals surface area contributed by atoms with E-state index in [-0.39, 0.29) is 17.9 Å². The highest BCUT2D eigenvalue weighted by Gasteiger charge is 2.30. The van der Waals surface area contributed by atoms with Crippen molar-refractivity contribution in [2.45, 2.75) is 44.6 Å². The van der Waals surface area contributed by atoms with E-state index in [9.17, 15) is 0 Å². The molecule has 4 heteroatoms. The molecular weight excluding hydrogens is 1070 g/mol. The average Bonchev–Trinajstić information content (AvgIpc) is 3.84. The van der Waals surface area contributed by atoms with E-state index in [1.807, 2.05) is 24.5 Å². The first-order valence-electron chi connectivity index (χ1n) is 30.7. The third-order valence-corrected chi connectivity index (χ3v) is 16.7. The molecule has 0 fully saturated rings. The summed E-state index contributed by atoms with van der Waals surface area (Å²) >= 11 is 0. The quantitative estimate of drug-likeness (QED) is 0.0684. The van der Waals surface area contributed by atoms with Gasteiger partial charge >= 0.3 is 0 Å². The minimum absolute atomic E-state index is 0.156. The Bertz CT molecular complexity index is 3950. The smallest absolute Gasteiger partial charge is 0.130 e. The number of fused-ring (bicyclic) bond motifs is 1. The number of allylic oxidation sites excluding steroid dienone is 32. The highest BCUT2D eigenvalue weighted by Crippen LogP contribution is 2.41. The van der Waals surface area contributed by atoms with Crippen molar-refractivity contribution in [1.29, 1.82) is 0 Å². The largest absolute Gasteiger partial charge is 0.469 e. The van der Waals surface area contributed by atoms with E-state index in [1.54, 1.807) is 6.08 Å². The van der Waals surface area contributed by atoms with Gasteiger partial charge in [0, 0.05) is 58.4 Å². The molecule has 5 aromatic rings. The van der Waals surface area contributed by atoms with E-state index < -0.39 is 0 Å². The van der Waals surface area contributed by atoms with Gasteiger partial charge in [-0.25, -0.2) is 0 Å². The summed E-state index contributed by atoms with van der Waals surface area (Å²) in [6.07, 6.45) is 71.5. The summed E-state index contributed by atoms with van der Waals surface area (Å²) < 4.78 is 12.1. The van der Waals surface area contributed by atoms with Crippen LogP contribution in [0.15, 0.2) is 382 Å². The minimum atomic E-state index is 0.156. The maximum absolute atomic E-state index is 6.11. The van der Waals surface area contributed by atoms with Crippen molar-refractivity contribution in [2.75, 3.05) is 9.80 Å². The molecule has 6 aliphatic rings. The zero-order valence-electron chi connectivity index (χ0n) is 50.1. The topological polar surface area (TPSA) is 24.9 Å². The standard InChI is InChI=1S/C84H76N2O2/c1-5-63(23-19-25-64-26-22-62-87-83-35-17-15-31-74(83)43-39-64)24-20-33-75(7-3)85(61-21-32-66(6-2)69-41-37-65(38-42-69)40-60-81-80-34-16-18-36-84(80)88-82(81)8-4)76-52-44-72(45-53-76)73-50-58-79(59-51-73)86(77-54-46-70(47-55-77)67-27-11-9-12-28-67)78-56-48-71(49-57-78)68-29-13-10-14-30-68/h5-16,18-25,27-29,31-33,36-56,58-62,64,68,78,80H,1-4,17,26,30,34-35,57H2. The third kappa shape index (κ3) is 14.8. The summed E-state index contributed by atoms with van der Waals surface area (Å²) in [6.45, 7) is 16.7. The lowest BCUT2D eigenvalue weighted by atomic mass is 9.87. The van der Waals surface area contributed by atoms with Gasteiger partial charge in [0.05, 0.1) is 12.3 Å². The molecule has 2 heterocycles. The second-order valence-electron chi connectivity index (χ2n) is 22.3. The van der Waals surface area contributed by atoms with Crippen LogP contribution in [0.4, 0.5) is 17.1 Å². The zero-order chi connectivity index (χ0) is 60.3. The van der Waals surface area contributed by atoms with Crippen LogP contribution < -0.4 is 9.80 Å². The molecule has 5 aromatic carbocycles. The van der Waals surface area contributed by atoms with E-state index >= 15 is 0 Å². The van der Waals surface area contributed by atoms with Gasteiger partial charge in [-0.3, -0.25) is 0 Å². The van der Waals surface area contributed by atoms with E-state index in [0.29, 0.717) is 5.92 Å². The van der Waals surface area contributed by atoms with Crippen molar-refractivity contribution in [3.63, 3.8) is 0 Å². The van der Waals surface area contributed by atoms with Crippen molar-refractivity contribution in [2.24, 2.45) is 17.8 Å². The Morgan fingerprint density at radius 1 is 0.580 bits per heavy atom. The van der Waals surface area contributed by atoms with Gasteiger partial charge in [-0.05, 0) is 161 Å². The van der Waals surface area contributed by atoms with Crippen LogP contribution in [0.3, 0.4) is 0 Å². The highest BCUT2D eigenvalue weighted by molar-refractivity contribution is 5.77. The monoisotopic (exact) mass is 1140 g/mol. The summed E-state index contributed by atoms with van der Waals surface area (Å²) in [6, 6.07) is 46.1. The van der Waals surface area contributed by atoms with Crippen molar-refractivity contribution >= 4 is 28.7 Å². The normalized spacial score (nSPS) is 20.1. The molecule has 0 saturated carbocycles. The molecule has 4 nitrogen and oxygen atoms in total. The molecule has 434 valence electrons. The van der Waals surface area contributed by atoms with E-state index in [0.717, 1.165) is 123 Å². The van der Waals surface area contributed by atoms with E-state index in [4.69, 9.17) is 9.47 Å². The lowest BCUT2D eigenvalue weighted by Crippen LogP contribution is -2.30. The van der Waals surface area contributed by atoms with Gasteiger partial charge in [0.25, 0.3) is 0 Å². The second kappa shape index (κ2) is 29.6. The van der Waals surface area contributed by atoms with Gasteiger partial charge < -0.3 is 19.3 Å². The fourth-order valence-corrected chi connectivity index (χ4v) is 11.8. The first-order valence-corrected chi connectivity index (χ1v) is 30.7. The summed E-state index contributed by atoms with van der Waals surface area (Å²) in [5.74, 6) is 3.71. The molecule has 0 N–H and O–H groups in total. The lowest BCUT2D eigenvalue weighted by Gasteiger charge is -2.34. The molecule has 88 heavy (non-hydrogen) atoms. The molecular formula is C84H76N2O2. The molecule has 0 aromatic heterocycles. The maximum Gasteiger partial charge on any atom is 0.130 e. The van der Waals surface area contributed by atoms with Crippen molar-refractivity contribution in [3.8, 4) is 22.3 Å². The number of nitrogens with zero attached hydrogens (tertiary/aromatic N) is 2. The number of benzene rings is 5. The van der Waals surface area contributed by atoms with Crippen LogP contribution in [0.5, 0.6) is 0 Å². The molecule has 4 aliphatic carbocycles. The SMILES string of the molecule is C=CC(C=CC=C(C=C)N(C=CC=C(C=C)c1ccc(C=CC2=C(C=C)OC3=CC=CCC32)cc1)c1ccc(-c2ccc(N(c3ccc(-c4ccccc4)cc3)C3C=CC(C4C=CC=CC4)=CC3)cc2)cc1)=CC=CC1C=CC2=C(CCC=C2)OC=CC1. The van der Waals surface area contributed by atoms with Gasteiger partial charge in [-0.1, -0.05) is 257 Å². The summed E-state index contributed by atoms with van der Waals surface area (Å²) in [7, 11) is 0. The summed E-state index contributed by atoms with van der Waals surface area (Å²) in [5, 5.41) is 0. The first-order chi connectivity index (χ1) is 43.4. The van der Waals surface area contributed by atoms with Gasteiger partial charge in [0.2, 0.25) is 0 Å². The van der Waals surface area contributed by atoms with E-state index in [2.05, 4.69) is 322 Å². The van der Waals surface area contributed by atoms with Crippen LogP contribution in [-0.2, 0) is 9.47 Å². The van der Waals surface area contributed by atoms with Crippen LogP contribution in [0.25, 0.3) is 33.9 Å². The van der Waals surface area contributed by atoms with Crippen LogP contribution in [-0.4, -0.2) is 6.04 Å².